The third-order valence-corrected chi connectivity index (χ3v) is 2.68. The predicted molar refractivity (Wildman–Crippen MR) is 50.4 cm³/mol. The van der Waals surface area contributed by atoms with Gasteiger partial charge in [0.15, 0.2) is 0 Å². The Morgan fingerprint density at radius 2 is 2.43 bits per heavy atom. The second-order valence-electron chi connectivity index (χ2n) is 2.91. The lowest BCUT2D eigenvalue weighted by atomic mass is 10.1. The highest BCUT2D eigenvalue weighted by atomic mass is 35.5. The molecule has 1 heterocycles. The van der Waals surface area contributed by atoms with Crippen LogP contribution in [0.1, 0.15) is 13.3 Å². The molecular formula is C8H10Cl2O4. The zero-order valence-electron chi connectivity index (χ0n) is 7.59. The van der Waals surface area contributed by atoms with E-state index in [1.807, 2.05) is 0 Å². The Hall–Kier alpha value is -0.480. The number of rotatable bonds is 3. The van der Waals surface area contributed by atoms with Gasteiger partial charge in [-0.1, -0.05) is 11.6 Å². The van der Waals surface area contributed by atoms with Gasteiger partial charge in [0.25, 0.3) is 0 Å². The maximum absolute atomic E-state index is 11.3. The molecule has 0 aromatic heterocycles. The second kappa shape index (κ2) is 4.36. The van der Waals surface area contributed by atoms with Crippen LogP contribution in [-0.2, 0) is 19.1 Å². The molecule has 4 nitrogen and oxygen atoms in total. The summed E-state index contributed by atoms with van der Waals surface area (Å²) in [6, 6.07) is 0. The van der Waals surface area contributed by atoms with Gasteiger partial charge in [0.2, 0.25) is 4.87 Å². The number of alkyl halides is 2. The number of carbonyl (C=O) groups is 2. The highest BCUT2D eigenvalue weighted by Gasteiger charge is 2.54. The van der Waals surface area contributed by atoms with Crippen molar-refractivity contribution >= 4 is 35.1 Å². The van der Waals surface area contributed by atoms with Gasteiger partial charge in [-0.25, -0.2) is 9.59 Å². The van der Waals surface area contributed by atoms with Crippen LogP contribution in [0.15, 0.2) is 0 Å². The Morgan fingerprint density at radius 3 is 2.86 bits per heavy atom. The standard InChI is InChI=1S/C8H10Cl2O4/c1-2-13-6(11)8(10)3-5(4-9)14-7(8)12/h5H,2-4H2,1H3/t5-,8+/m0/s1. The van der Waals surface area contributed by atoms with E-state index >= 15 is 0 Å². The Kier molecular flexibility index (Phi) is 3.61. The molecule has 0 amide bonds. The molecule has 0 N–H and O–H groups in total. The van der Waals surface area contributed by atoms with Gasteiger partial charge in [0.1, 0.15) is 6.10 Å². The largest absolute Gasteiger partial charge is 0.464 e. The molecule has 1 saturated heterocycles. The zero-order valence-corrected chi connectivity index (χ0v) is 9.10. The van der Waals surface area contributed by atoms with Crippen molar-refractivity contribution in [3.05, 3.63) is 0 Å². The number of cyclic esters (lactones) is 1. The minimum absolute atomic E-state index is 0.0652. The van der Waals surface area contributed by atoms with Crippen molar-refractivity contribution in [3.63, 3.8) is 0 Å². The van der Waals surface area contributed by atoms with Crippen LogP contribution in [0.2, 0.25) is 0 Å². The molecule has 0 aromatic carbocycles. The summed E-state index contributed by atoms with van der Waals surface area (Å²) in [6.45, 7) is 1.81. The van der Waals surface area contributed by atoms with Crippen molar-refractivity contribution in [2.24, 2.45) is 0 Å². The van der Waals surface area contributed by atoms with Crippen LogP contribution >= 0.6 is 23.2 Å². The molecule has 80 valence electrons. The van der Waals surface area contributed by atoms with Crippen molar-refractivity contribution < 1.29 is 19.1 Å². The fraction of sp³-hybridized carbons (Fsp3) is 0.750. The first-order valence-corrected chi connectivity index (χ1v) is 5.09. The Balaban J connectivity index is 2.74. The number of hydrogen-bond donors (Lipinski definition) is 0. The van der Waals surface area contributed by atoms with E-state index in [1.165, 1.54) is 0 Å². The molecule has 0 spiro atoms. The normalized spacial score (nSPS) is 31.4. The molecule has 1 aliphatic rings. The number of esters is 2. The first kappa shape index (κ1) is 11.6. The molecule has 6 heteroatoms. The lowest BCUT2D eigenvalue weighted by molar-refractivity contribution is -0.154. The lowest BCUT2D eigenvalue weighted by Crippen LogP contribution is -2.39. The maximum Gasteiger partial charge on any atom is 0.339 e. The topological polar surface area (TPSA) is 52.6 Å². The summed E-state index contributed by atoms with van der Waals surface area (Å²) in [4.78, 5) is 20.9. The monoisotopic (exact) mass is 240 g/mol. The Labute approximate surface area is 91.4 Å². The van der Waals surface area contributed by atoms with E-state index in [9.17, 15) is 9.59 Å². The molecule has 0 saturated carbocycles. The van der Waals surface area contributed by atoms with Crippen LogP contribution in [0.25, 0.3) is 0 Å². The highest BCUT2D eigenvalue weighted by molar-refractivity contribution is 6.45. The van der Waals surface area contributed by atoms with Gasteiger partial charge in [-0.15, -0.1) is 11.6 Å². The number of hydrogen-bond acceptors (Lipinski definition) is 4. The van der Waals surface area contributed by atoms with E-state index in [0.717, 1.165) is 0 Å². The van der Waals surface area contributed by atoms with Crippen LogP contribution in [-0.4, -0.2) is 35.4 Å². The van der Waals surface area contributed by atoms with Crippen molar-refractivity contribution in [1.29, 1.82) is 0 Å². The third kappa shape index (κ3) is 1.96. The Morgan fingerprint density at radius 1 is 1.79 bits per heavy atom. The maximum atomic E-state index is 11.3. The van der Waals surface area contributed by atoms with E-state index in [-0.39, 0.29) is 18.9 Å². The average molecular weight is 241 g/mol. The molecule has 0 bridgehead atoms. The van der Waals surface area contributed by atoms with Crippen molar-refractivity contribution in [2.45, 2.75) is 24.3 Å². The van der Waals surface area contributed by atoms with Gasteiger partial charge >= 0.3 is 11.9 Å². The average Bonchev–Trinajstić information content (AvgIpc) is 2.44. The quantitative estimate of drug-likeness (QED) is 0.421. The summed E-state index contributed by atoms with van der Waals surface area (Å²) in [5, 5.41) is 0. The number of halogens is 2. The first-order chi connectivity index (χ1) is 6.54. The SMILES string of the molecule is CCOC(=O)[C@]1(Cl)C[C@@H](CCl)OC1=O. The smallest absolute Gasteiger partial charge is 0.339 e. The highest BCUT2D eigenvalue weighted by Crippen LogP contribution is 2.33. The summed E-state index contributed by atoms with van der Waals surface area (Å²) >= 11 is 11.3. The minimum Gasteiger partial charge on any atom is -0.464 e. The van der Waals surface area contributed by atoms with Crippen LogP contribution in [0, 0.1) is 0 Å². The fourth-order valence-corrected chi connectivity index (χ4v) is 1.63. The van der Waals surface area contributed by atoms with Crippen molar-refractivity contribution in [1.82, 2.24) is 0 Å². The summed E-state index contributed by atoms with van der Waals surface area (Å²) in [5.74, 6) is -1.41. The van der Waals surface area contributed by atoms with E-state index in [1.54, 1.807) is 6.92 Å². The molecule has 0 unspecified atom stereocenters. The number of ether oxygens (including phenoxy) is 2. The summed E-state index contributed by atoms with van der Waals surface area (Å²) in [6.07, 6.45) is -0.443. The minimum atomic E-state index is -1.70. The van der Waals surface area contributed by atoms with Gasteiger partial charge in [-0.3, -0.25) is 0 Å². The molecule has 0 aliphatic carbocycles. The predicted octanol–water partition coefficient (Wildman–Crippen LogP) is 1.08. The lowest BCUT2D eigenvalue weighted by Gasteiger charge is -2.13. The molecule has 0 radical (unpaired) electrons. The molecule has 2 atom stereocenters. The summed E-state index contributed by atoms with van der Waals surface area (Å²) < 4.78 is 9.47. The van der Waals surface area contributed by atoms with Crippen LogP contribution < -0.4 is 0 Å². The molecule has 14 heavy (non-hydrogen) atoms. The van der Waals surface area contributed by atoms with Crippen LogP contribution in [0.4, 0.5) is 0 Å². The van der Waals surface area contributed by atoms with Crippen LogP contribution in [0.5, 0.6) is 0 Å². The van der Waals surface area contributed by atoms with Crippen molar-refractivity contribution in [2.75, 3.05) is 12.5 Å². The zero-order chi connectivity index (χ0) is 10.8. The molecule has 1 aliphatic heterocycles. The molecule has 1 rings (SSSR count). The van der Waals surface area contributed by atoms with Gasteiger partial charge < -0.3 is 9.47 Å². The van der Waals surface area contributed by atoms with E-state index < -0.39 is 22.9 Å². The summed E-state index contributed by atoms with van der Waals surface area (Å²) in [7, 11) is 0. The summed E-state index contributed by atoms with van der Waals surface area (Å²) in [5.41, 5.74) is 0. The molecule has 1 fully saturated rings. The van der Waals surface area contributed by atoms with E-state index in [2.05, 4.69) is 4.74 Å². The Bertz CT molecular complexity index is 256. The molecular weight excluding hydrogens is 231 g/mol. The first-order valence-electron chi connectivity index (χ1n) is 4.17. The van der Waals surface area contributed by atoms with Gasteiger partial charge in [-0.05, 0) is 6.92 Å². The second-order valence-corrected chi connectivity index (χ2v) is 3.86. The third-order valence-electron chi connectivity index (χ3n) is 1.88. The molecule has 0 aromatic rings. The van der Waals surface area contributed by atoms with Gasteiger partial charge in [-0.2, -0.15) is 0 Å². The van der Waals surface area contributed by atoms with E-state index in [4.69, 9.17) is 27.9 Å². The van der Waals surface area contributed by atoms with Gasteiger partial charge in [0, 0.05) is 6.42 Å². The fourth-order valence-electron chi connectivity index (χ4n) is 1.18. The van der Waals surface area contributed by atoms with Crippen molar-refractivity contribution in [3.8, 4) is 0 Å². The number of carbonyl (C=O) groups excluding carboxylic acids is 2. The van der Waals surface area contributed by atoms with Crippen LogP contribution in [0.3, 0.4) is 0 Å². The van der Waals surface area contributed by atoms with Gasteiger partial charge in [0.05, 0.1) is 12.5 Å². The van der Waals surface area contributed by atoms with E-state index in [0.29, 0.717) is 0 Å².